The molecule has 0 spiro atoms. The Morgan fingerprint density at radius 3 is 2.79 bits per heavy atom. The minimum atomic E-state index is 0.333. The molecule has 0 aliphatic rings. The molecule has 3 aromatic rings. The Labute approximate surface area is 111 Å². The Morgan fingerprint density at radius 1 is 1.11 bits per heavy atom. The number of benzene rings is 2. The lowest BCUT2D eigenvalue weighted by Gasteiger charge is -2.07. The molecular weight excluding hydrogens is 236 g/mol. The lowest BCUT2D eigenvalue weighted by atomic mass is 10.0. The van der Waals surface area contributed by atoms with Crippen LogP contribution in [0.5, 0.6) is 5.75 Å². The van der Waals surface area contributed by atoms with Crippen molar-refractivity contribution >= 4 is 10.8 Å². The quantitative estimate of drug-likeness (QED) is 0.756. The number of aromatic nitrogens is 2. The van der Waals surface area contributed by atoms with Crippen LogP contribution in [0.3, 0.4) is 0 Å². The molecule has 1 N–H and O–H groups in total. The van der Waals surface area contributed by atoms with Gasteiger partial charge < -0.3 is 5.11 Å². The second-order valence-electron chi connectivity index (χ2n) is 4.48. The first-order valence-corrected chi connectivity index (χ1v) is 6.32. The van der Waals surface area contributed by atoms with Crippen LogP contribution in [0.4, 0.5) is 0 Å². The molecule has 0 saturated heterocycles. The smallest absolute Gasteiger partial charge is 0.118 e. The highest BCUT2D eigenvalue weighted by molar-refractivity contribution is 5.93. The minimum Gasteiger partial charge on any atom is -0.508 e. The maximum atomic E-state index is 9.76. The number of fused-ring (bicyclic) bond motifs is 1. The summed E-state index contributed by atoms with van der Waals surface area (Å²) in [5.41, 5.74) is 2.76. The van der Waals surface area contributed by atoms with Crippen LogP contribution in [-0.2, 0) is 6.42 Å². The third-order valence-electron chi connectivity index (χ3n) is 3.30. The molecule has 3 nitrogen and oxygen atoms in total. The van der Waals surface area contributed by atoms with E-state index >= 15 is 0 Å². The summed E-state index contributed by atoms with van der Waals surface area (Å²) in [6.45, 7) is 2.02. The van der Waals surface area contributed by atoms with E-state index in [4.69, 9.17) is 0 Å². The van der Waals surface area contributed by atoms with Gasteiger partial charge in [-0.1, -0.05) is 31.2 Å². The van der Waals surface area contributed by atoms with E-state index in [1.807, 2.05) is 43.3 Å². The predicted octanol–water partition coefficient (Wildman–Crippen LogP) is 3.56. The van der Waals surface area contributed by atoms with Crippen LogP contribution in [0, 0.1) is 0 Å². The van der Waals surface area contributed by atoms with Gasteiger partial charge >= 0.3 is 0 Å². The van der Waals surface area contributed by atoms with Gasteiger partial charge in [-0.05, 0) is 30.2 Å². The van der Waals surface area contributed by atoms with Crippen molar-refractivity contribution < 1.29 is 5.11 Å². The van der Waals surface area contributed by atoms with Gasteiger partial charge in [0.25, 0.3) is 0 Å². The van der Waals surface area contributed by atoms with Gasteiger partial charge in [0.2, 0.25) is 0 Å². The predicted molar refractivity (Wildman–Crippen MR) is 76.0 cm³/mol. The number of hydrogen-bond donors (Lipinski definition) is 1. The Kier molecular flexibility index (Phi) is 2.88. The summed E-state index contributed by atoms with van der Waals surface area (Å²) in [5, 5.41) is 20.2. The van der Waals surface area contributed by atoms with Crippen LogP contribution in [0.1, 0.15) is 12.5 Å². The molecule has 94 valence electrons. The second-order valence-corrected chi connectivity index (χ2v) is 4.48. The molecule has 19 heavy (non-hydrogen) atoms. The monoisotopic (exact) mass is 250 g/mol. The number of nitrogens with zero attached hydrogens (tertiary/aromatic N) is 2. The molecule has 0 bridgehead atoms. The second kappa shape index (κ2) is 4.69. The summed E-state index contributed by atoms with van der Waals surface area (Å²) in [7, 11) is 0. The van der Waals surface area contributed by atoms with E-state index in [-0.39, 0.29) is 0 Å². The largest absolute Gasteiger partial charge is 0.508 e. The fourth-order valence-electron chi connectivity index (χ4n) is 2.26. The number of phenolic OH excluding ortho intramolecular Hbond substituents is 1. The van der Waals surface area contributed by atoms with Crippen molar-refractivity contribution in [2.24, 2.45) is 0 Å². The molecular formula is C16H14N2O. The molecule has 1 heterocycles. The third-order valence-corrected chi connectivity index (χ3v) is 3.30. The van der Waals surface area contributed by atoms with Crippen molar-refractivity contribution in [2.75, 3.05) is 0 Å². The summed E-state index contributed by atoms with van der Waals surface area (Å²) in [6, 6.07) is 13.6. The van der Waals surface area contributed by atoms with E-state index in [2.05, 4.69) is 10.2 Å². The number of rotatable bonds is 2. The van der Waals surface area contributed by atoms with E-state index in [0.717, 1.165) is 34.0 Å². The maximum Gasteiger partial charge on any atom is 0.118 e. The summed E-state index contributed by atoms with van der Waals surface area (Å²) in [4.78, 5) is 0. The highest BCUT2D eigenvalue weighted by Crippen LogP contribution is 2.29. The topological polar surface area (TPSA) is 46.0 Å². The molecule has 0 fully saturated rings. The van der Waals surface area contributed by atoms with Crippen LogP contribution in [-0.4, -0.2) is 15.3 Å². The normalized spacial score (nSPS) is 10.8. The zero-order chi connectivity index (χ0) is 13.2. The average molecular weight is 250 g/mol. The van der Waals surface area contributed by atoms with Gasteiger partial charge in [0, 0.05) is 16.3 Å². The van der Waals surface area contributed by atoms with Gasteiger partial charge in [-0.15, -0.1) is 5.10 Å². The summed E-state index contributed by atoms with van der Waals surface area (Å²) < 4.78 is 0. The lowest BCUT2D eigenvalue weighted by molar-refractivity contribution is 0.469. The highest BCUT2D eigenvalue weighted by Gasteiger charge is 2.08. The first-order chi connectivity index (χ1) is 9.29. The standard InChI is InChI=1S/C16H14N2O/c1-2-11-9-12(7-8-15(11)19)16-14-6-4-3-5-13(14)10-17-18-16/h3-10,19H,2H2,1H3. The summed E-state index contributed by atoms with van der Waals surface area (Å²) >= 11 is 0. The van der Waals surface area contributed by atoms with Crippen molar-refractivity contribution in [3.63, 3.8) is 0 Å². The Balaban J connectivity index is 2.24. The Bertz CT molecular complexity index is 732. The lowest BCUT2D eigenvalue weighted by Crippen LogP contribution is -1.91. The summed E-state index contributed by atoms with van der Waals surface area (Å²) in [5.74, 6) is 0.333. The van der Waals surface area contributed by atoms with Gasteiger partial charge in [0.05, 0.1) is 6.20 Å². The van der Waals surface area contributed by atoms with Gasteiger partial charge in [-0.25, -0.2) is 0 Å². The van der Waals surface area contributed by atoms with E-state index in [1.165, 1.54) is 0 Å². The zero-order valence-electron chi connectivity index (χ0n) is 10.7. The fraction of sp³-hybridized carbons (Fsp3) is 0.125. The van der Waals surface area contributed by atoms with Crippen molar-refractivity contribution in [2.45, 2.75) is 13.3 Å². The van der Waals surface area contributed by atoms with Crippen molar-refractivity contribution in [3.05, 3.63) is 54.2 Å². The van der Waals surface area contributed by atoms with Crippen LogP contribution in [0.15, 0.2) is 48.7 Å². The SMILES string of the molecule is CCc1cc(-c2nncc3ccccc23)ccc1O. The zero-order valence-corrected chi connectivity index (χ0v) is 10.7. The van der Waals surface area contributed by atoms with E-state index in [9.17, 15) is 5.11 Å². The minimum absolute atomic E-state index is 0.333. The molecule has 0 aliphatic heterocycles. The molecule has 0 amide bonds. The number of phenols is 1. The maximum absolute atomic E-state index is 9.76. The number of hydrogen-bond acceptors (Lipinski definition) is 3. The molecule has 0 radical (unpaired) electrons. The number of aromatic hydroxyl groups is 1. The van der Waals surface area contributed by atoms with Crippen molar-refractivity contribution in [1.29, 1.82) is 0 Å². The molecule has 0 atom stereocenters. The van der Waals surface area contributed by atoms with Gasteiger partial charge in [-0.3, -0.25) is 0 Å². The molecule has 0 unspecified atom stereocenters. The van der Waals surface area contributed by atoms with Gasteiger partial charge in [0.1, 0.15) is 11.4 Å². The molecule has 2 aromatic carbocycles. The van der Waals surface area contributed by atoms with Crippen LogP contribution in [0.25, 0.3) is 22.0 Å². The first-order valence-electron chi connectivity index (χ1n) is 6.32. The van der Waals surface area contributed by atoms with Crippen LogP contribution < -0.4 is 0 Å². The van der Waals surface area contributed by atoms with E-state index in [1.54, 1.807) is 12.3 Å². The van der Waals surface area contributed by atoms with Crippen molar-refractivity contribution in [3.8, 4) is 17.0 Å². The van der Waals surface area contributed by atoms with E-state index < -0.39 is 0 Å². The van der Waals surface area contributed by atoms with Gasteiger partial charge in [-0.2, -0.15) is 5.10 Å². The fourth-order valence-corrected chi connectivity index (χ4v) is 2.26. The van der Waals surface area contributed by atoms with Gasteiger partial charge in [0.15, 0.2) is 0 Å². The first kappa shape index (κ1) is 11.7. The summed E-state index contributed by atoms with van der Waals surface area (Å²) in [6.07, 6.45) is 2.55. The highest BCUT2D eigenvalue weighted by atomic mass is 16.3. The molecule has 0 aliphatic carbocycles. The van der Waals surface area contributed by atoms with Crippen molar-refractivity contribution in [1.82, 2.24) is 10.2 Å². The van der Waals surface area contributed by atoms with Crippen LogP contribution >= 0.6 is 0 Å². The third kappa shape index (κ3) is 2.03. The van der Waals surface area contributed by atoms with E-state index in [0.29, 0.717) is 5.75 Å². The molecule has 1 aromatic heterocycles. The number of aryl methyl sites for hydroxylation is 1. The van der Waals surface area contributed by atoms with Crippen LogP contribution in [0.2, 0.25) is 0 Å². The Hall–Kier alpha value is -2.42. The molecule has 0 saturated carbocycles. The average Bonchev–Trinajstić information content (AvgIpc) is 2.47. The molecule has 3 rings (SSSR count). The Morgan fingerprint density at radius 2 is 1.95 bits per heavy atom. The molecule has 3 heteroatoms.